The Bertz CT molecular complexity index is 533. The van der Waals surface area contributed by atoms with Crippen molar-refractivity contribution in [1.29, 1.82) is 0 Å². The molecule has 6 heteroatoms. The first-order chi connectivity index (χ1) is 9.31. The van der Waals surface area contributed by atoms with Crippen molar-refractivity contribution in [2.45, 2.75) is 32.4 Å². The van der Waals surface area contributed by atoms with Crippen LogP contribution in [0.4, 0.5) is 0 Å². The van der Waals surface area contributed by atoms with Crippen molar-refractivity contribution in [2.75, 3.05) is 13.1 Å². The topological polar surface area (TPSA) is 65.6 Å². The number of H-pyrrole nitrogens is 1. The molecule has 102 valence electrons. The largest absolute Gasteiger partial charge is 0.347 e. The van der Waals surface area contributed by atoms with Gasteiger partial charge < -0.3 is 15.6 Å². The summed E-state index contributed by atoms with van der Waals surface area (Å²) in [4.78, 5) is 12.0. The number of nitrogens with one attached hydrogen (secondary N) is 3. The highest BCUT2D eigenvalue weighted by molar-refractivity contribution is 7.09. The molecule has 0 spiro atoms. The summed E-state index contributed by atoms with van der Waals surface area (Å²) < 4.78 is 0. The van der Waals surface area contributed by atoms with Gasteiger partial charge in [0.05, 0.1) is 22.7 Å². The molecule has 5 nitrogen and oxygen atoms in total. The van der Waals surface area contributed by atoms with Crippen LogP contribution in [0.1, 0.15) is 22.1 Å². The number of aromatic amines is 1. The van der Waals surface area contributed by atoms with Crippen LogP contribution in [-0.4, -0.2) is 34.1 Å². The van der Waals surface area contributed by atoms with Gasteiger partial charge in [0.2, 0.25) is 0 Å². The highest BCUT2D eigenvalue weighted by atomic mass is 32.1. The summed E-state index contributed by atoms with van der Waals surface area (Å²) in [6.45, 7) is 4.91. The Morgan fingerprint density at radius 2 is 2.47 bits per heavy atom. The fraction of sp³-hybridized carbons (Fsp3) is 0.538. The number of rotatable bonds is 5. The second-order valence-corrected chi connectivity index (χ2v) is 5.89. The molecule has 0 fully saturated rings. The minimum absolute atomic E-state index is 0.480. The number of aryl methyl sites for hydroxylation is 1. The summed E-state index contributed by atoms with van der Waals surface area (Å²) in [5, 5.41) is 10.3. The van der Waals surface area contributed by atoms with Crippen molar-refractivity contribution in [3.63, 3.8) is 0 Å². The molecule has 0 radical (unpaired) electrons. The van der Waals surface area contributed by atoms with E-state index in [2.05, 4.69) is 31.0 Å². The molecule has 3 N–H and O–H groups in total. The zero-order valence-corrected chi connectivity index (χ0v) is 11.9. The molecule has 2 aromatic rings. The summed E-state index contributed by atoms with van der Waals surface area (Å²) in [7, 11) is 0. The van der Waals surface area contributed by atoms with Crippen LogP contribution in [0.3, 0.4) is 0 Å². The van der Waals surface area contributed by atoms with Crippen LogP contribution in [0, 0.1) is 6.92 Å². The van der Waals surface area contributed by atoms with Crippen molar-refractivity contribution in [3.05, 3.63) is 33.8 Å². The molecule has 2 aromatic heterocycles. The Morgan fingerprint density at radius 3 is 3.32 bits per heavy atom. The van der Waals surface area contributed by atoms with Gasteiger partial charge in [0.25, 0.3) is 0 Å². The first kappa shape index (κ1) is 12.8. The molecular weight excluding hydrogens is 258 g/mol. The molecular formula is C13H19N5S. The molecule has 1 atom stereocenters. The van der Waals surface area contributed by atoms with Crippen molar-refractivity contribution in [1.82, 2.24) is 25.6 Å². The Labute approximate surface area is 116 Å². The minimum Gasteiger partial charge on any atom is -0.347 e. The lowest BCUT2D eigenvalue weighted by Crippen LogP contribution is -2.43. The van der Waals surface area contributed by atoms with Crippen LogP contribution in [0.2, 0.25) is 0 Å². The minimum atomic E-state index is 0.480. The number of fused-ring (bicyclic) bond motifs is 1. The van der Waals surface area contributed by atoms with Crippen LogP contribution in [0.25, 0.3) is 0 Å². The zero-order valence-electron chi connectivity index (χ0n) is 11.1. The lowest BCUT2D eigenvalue weighted by Gasteiger charge is -2.23. The van der Waals surface area contributed by atoms with E-state index < -0.39 is 0 Å². The molecule has 0 saturated carbocycles. The van der Waals surface area contributed by atoms with E-state index in [9.17, 15) is 0 Å². The van der Waals surface area contributed by atoms with Gasteiger partial charge in [-0.05, 0) is 6.92 Å². The van der Waals surface area contributed by atoms with Gasteiger partial charge in [0, 0.05) is 49.6 Å². The summed E-state index contributed by atoms with van der Waals surface area (Å²) >= 11 is 1.75. The standard InChI is InChI=1S/C13H19N5S/c1-9-7-19-13(18-9)2-3-14-5-10-4-11-12(6-15-10)17-8-16-11/h7-8,10,14-15H,2-6H2,1H3,(H,16,17). The maximum Gasteiger partial charge on any atom is 0.0940 e. The van der Waals surface area contributed by atoms with Crippen molar-refractivity contribution in [3.8, 4) is 0 Å². The molecule has 0 aromatic carbocycles. The van der Waals surface area contributed by atoms with E-state index in [-0.39, 0.29) is 0 Å². The lowest BCUT2D eigenvalue weighted by atomic mass is 10.1. The highest BCUT2D eigenvalue weighted by Gasteiger charge is 2.19. The number of nitrogens with zero attached hydrogens (tertiary/aromatic N) is 2. The van der Waals surface area contributed by atoms with Crippen molar-refractivity contribution in [2.24, 2.45) is 0 Å². The SMILES string of the molecule is Cc1csc(CCNCC2Cc3nc[nH]c3CN2)n1. The van der Waals surface area contributed by atoms with Gasteiger partial charge in [-0.1, -0.05) is 0 Å². The molecule has 3 rings (SSSR count). The highest BCUT2D eigenvalue weighted by Crippen LogP contribution is 2.11. The Kier molecular flexibility index (Phi) is 3.91. The Morgan fingerprint density at radius 1 is 1.53 bits per heavy atom. The molecule has 3 heterocycles. The van der Waals surface area contributed by atoms with E-state index in [1.807, 2.05) is 6.92 Å². The molecule has 0 saturated heterocycles. The van der Waals surface area contributed by atoms with E-state index in [1.54, 1.807) is 17.7 Å². The maximum absolute atomic E-state index is 4.47. The fourth-order valence-corrected chi connectivity index (χ4v) is 3.14. The third-order valence-electron chi connectivity index (χ3n) is 3.39. The van der Waals surface area contributed by atoms with Crippen LogP contribution in [0.5, 0.6) is 0 Å². The Balaban J connectivity index is 1.39. The molecule has 1 aliphatic heterocycles. The smallest absolute Gasteiger partial charge is 0.0940 e. The predicted octanol–water partition coefficient (Wildman–Crippen LogP) is 1.02. The van der Waals surface area contributed by atoms with Gasteiger partial charge in [-0.2, -0.15) is 0 Å². The lowest BCUT2D eigenvalue weighted by molar-refractivity contribution is 0.442. The quantitative estimate of drug-likeness (QED) is 0.714. The molecule has 0 amide bonds. The van der Waals surface area contributed by atoms with Crippen LogP contribution >= 0.6 is 11.3 Å². The van der Waals surface area contributed by atoms with E-state index in [0.717, 1.165) is 38.2 Å². The first-order valence-corrected chi connectivity index (χ1v) is 7.55. The summed E-state index contributed by atoms with van der Waals surface area (Å²) in [6.07, 6.45) is 3.80. The van der Waals surface area contributed by atoms with Gasteiger partial charge in [-0.3, -0.25) is 0 Å². The predicted molar refractivity (Wildman–Crippen MR) is 76.3 cm³/mol. The van der Waals surface area contributed by atoms with E-state index >= 15 is 0 Å². The molecule has 19 heavy (non-hydrogen) atoms. The van der Waals surface area contributed by atoms with Gasteiger partial charge in [0.1, 0.15) is 0 Å². The van der Waals surface area contributed by atoms with Crippen molar-refractivity contribution < 1.29 is 0 Å². The number of hydrogen-bond donors (Lipinski definition) is 3. The third kappa shape index (κ3) is 3.20. The summed E-state index contributed by atoms with van der Waals surface area (Å²) in [5.74, 6) is 0. The van der Waals surface area contributed by atoms with Gasteiger partial charge in [-0.25, -0.2) is 9.97 Å². The number of imidazole rings is 1. The summed E-state index contributed by atoms with van der Waals surface area (Å²) in [5.41, 5.74) is 3.57. The number of aromatic nitrogens is 3. The first-order valence-electron chi connectivity index (χ1n) is 6.67. The van der Waals surface area contributed by atoms with Gasteiger partial charge in [-0.15, -0.1) is 11.3 Å². The van der Waals surface area contributed by atoms with E-state index in [4.69, 9.17) is 0 Å². The second kappa shape index (κ2) is 5.81. The fourth-order valence-electron chi connectivity index (χ4n) is 2.36. The van der Waals surface area contributed by atoms with Gasteiger partial charge >= 0.3 is 0 Å². The Hall–Kier alpha value is -1.24. The van der Waals surface area contributed by atoms with Crippen LogP contribution in [-0.2, 0) is 19.4 Å². The van der Waals surface area contributed by atoms with Crippen LogP contribution in [0.15, 0.2) is 11.7 Å². The normalized spacial score (nSPS) is 18.5. The number of hydrogen-bond acceptors (Lipinski definition) is 5. The number of thiazole rings is 1. The monoisotopic (exact) mass is 277 g/mol. The zero-order chi connectivity index (χ0) is 13.1. The molecule has 1 aliphatic rings. The average molecular weight is 277 g/mol. The van der Waals surface area contributed by atoms with E-state index in [0.29, 0.717) is 6.04 Å². The summed E-state index contributed by atoms with van der Waals surface area (Å²) in [6, 6.07) is 0.480. The van der Waals surface area contributed by atoms with Crippen molar-refractivity contribution >= 4 is 11.3 Å². The second-order valence-electron chi connectivity index (χ2n) is 4.95. The molecule has 0 aliphatic carbocycles. The third-order valence-corrected chi connectivity index (χ3v) is 4.41. The van der Waals surface area contributed by atoms with Crippen LogP contribution < -0.4 is 10.6 Å². The van der Waals surface area contributed by atoms with E-state index in [1.165, 1.54) is 16.4 Å². The molecule has 0 bridgehead atoms. The molecule has 1 unspecified atom stereocenters. The average Bonchev–Trinajstić information content (AvgIpc) is 3.03. The maximum atomic E-state index is 4.47. The van der Waals surface area contributed by atoms with Gasteiger partial charge in [0.15, 0.2) is 0 Å².